The van der Waals surface area contributed by atoms with Crippen LogP contribution in [0.2, 0.25) is 0 Å². The average molecular weight is 278 g/mol. The van der Waals surface area contributed by atoms with E-state index in [1.807, 2.05) is 11.8 Å². The molecular weight excluding hydrogens is 256 g/mol. The predicted molar refractivity (Wildman–Crippen MR) is 84.2 cm³/mol. The summed E-state index contributed by atoms with van der Waals surface area (Å²) in [5, 5.41) is 4.51. The molecule has 1 aromatic carbocycles. The molecule has 0 amide bonds. The molecule has 0 radical (unpaired) electrons. The van der Waals surface area contributed by atoms with Gasteiger partial charge < -0.3 is 10.1 Å². The Morgan fingerprint density at radius 3 is 2.89 bits per heavy atom. The molecule has 3 nitrogen and oxygen atoms in total. The van der Waals surface area contributed by atoms with Gasteiger partial charge in [-0.1, -0.05) is 43.8 Å². The lowest BCUT2D eigenvalue weighted by atomic mass is 10.1. The van der Waals surface area contributed by atoms with Crippen molar-refractivity contribution in [2.75, 3.05) is 24.8 Å². The molecule has 2 rings (SSSR count). The summed E-state index contributed by atoms with van der Waals surface area (Å²) in [4.78, 5) is 4.74. The molecule has 1 aromatic rings. The largest absolute Gasteiger partial charge is 0.384 e. The zero-order valence-corrected chi connectivity index (χ0v) is 12.7. The van der Waals surface area contributed by atoms with Gasteiger partial charge in [0.25, 0.3) is 0 Å². The molecule has 19 heavy (non-hydrogen) atoms. The maximum atomic E-state index is 5.16. The van der Waals surface area contributed by atoms with Crippen molar-refractivity contribution in [2.45, 2.75) is 26.3 Å². The first-order valence-corrected chi connectivity index (χ1v) is 7.73. The number of para-hydroxylation sites is 1. The molecule has 0 saturated carbocycles. The second kappa shape index (κ2) is 6.96. The summed E-state index contributed by atoms with van der Waals surface area (Å²) >= 11 is 1.81. The van der Waals surface area contributed by atoms with Crippen LogP contribution in [0, 0.1) is 5.92 Å². The molecule has 0 bridgehead atoms. The molecule has 1 unspecified atom stereocenters. The van der Waals surface area contributed by atoms with Crippen molar-refractivity contribution in [1.82, 2.24) is 0 Å². The zero-order chi connectivity index (χ0) is 13.7. The Balaban J connectivity index is 2.05. The van der Waals surface area contributed by atoms with Crippen LogP contribution in [-0.4, -0.2) is 30.7 Å². The summed E-state index contributed by atoms with van der Waals surface area (Å²) in [6.07, 6.45) is 0.922. The maximum Gasteiger partial charge on any atom is 0.161 e. The quantitative estimate of drug-likeness (QED) is 0.896. The van der Waals surface area contributed by atoms with Gasteiger partial charge in [-0.05, 0) is 24.0 Å². The van der Waals surface area contributed by atoms with E-state index in [0.29, 0.717) is 12.0 Å². The molecule has 0 aromatic heterocycles. The lowest BCUT2D eigenvalue weighted by molar-refractivity contribution is 0.202. The lowest BCUT2D eigenvalue weighted by Gasteiger charge is -2.11. The number of nitrogens with zero attached hydrogens (tertiary/aromatic N) is 1. The minimum Gasteiger partial charge on any atom is -0.384 e. The van der Waals surface area contributed by atoms with Gasteiger partial charge in [0.2, 0.25) is 0 Å². The molecule has 1 N–H and O–H groups in total. The molecule has 4 heteroatoms. The smallest absolute Gasteiger partial charge is 0.161 e. The van der Waals surface area contributed by atoms with Crippen LogP contribution in [0.15, 0.2) is 29.3 Å². The Morgan fingerprint density at radius 1 is 1.42 bits per heavy atom. The number of ether oxygens (including phenoxy) is 1. The number of thioether (sulfide) groups is 1. The fraction of sp³-hybridized carbons (Fsp3) is 0.533. The van der Waals surface area contributed by atoms with Crippen LogP contribution in [0.1, 0.15) is 19.4 Å². The number of hydrogen-bond donors (Lipinski definition) is 1. The minimum atomic E-state index is 0.443. The summed E-state index contributed by atoms with van der Waals surface area (Å²) in [5.74, 6) is 1.69. The SMILES string of the molecule is COCCc1ccccc1NC1=NC(C(C)C)CS1. The summed E-state index contributed by atoms with van der Waals surface area (Å²) in [5.41, 5.74) is 2.43. The highest BCUT2D eigenvalue weighted by Gasteiger charge is 2.21. The van der Waals surface area contributed by atoms with E-state index in [0.717, 1.165) is 29.6 Å². The van der Waals surface area contributed by atoms with Crippen molar-refractivity contribution in [3.05, 3.63) is 29.8 Å². The van der Waals surface area contributed by atoms with Crippen LogP contribution < -0.4 is 5.32 Å². The van der Waals surface area contributed by atoms with Crippen molar-refractivity contribution in [2.24, 2.45) is 10.9 Å². The molecule has 1 aliphatic heterocycles. The molecule has 0 aliphatic carbocycles. The predicted octanol–water partition coefficient (Wildman–Crippen LogP) is 3.41. The lowest BCUT2D eigenvalue weighted by Crippen LogP contribution is -2.12. The number of benzene rings is 1. The van der Waals surface area contributed by atoms with E-state index < -0.39 is 0 Å². The van der Waals surface area contributed by atoms with Gasteiger partial charge >= 0.3 is 0 Å². The molecule has 1 atom stereocenters. The number of methoxy groups -OCH3 is 1. The molecule has 1 heterocycles. The Bertz CT molecular complexity index is 446. The van der Waals surface area contributed by atoms with Crippen LogP contribution in [0.3, 0.4) is 0 Å². The topological polar surface area (TPSA) is 33.6 Å². The number of amidine groups is 1. The van der Waals surface area contributed by atoms with E-state index in [1.54, 1.807) is 7.11 Å². The van der Waals surface area contributed by atoms with Gasteiger partial charge in [0.15, 0.2) is 5.17 Å². The molecule has 1 aliphatic rings. The minimum absolute atomic E-state index is 0.443. The van der Waals surface area contributed by atoms with Crippen LogP contribution in [-0.2, 0) is 11.2 Å². The third-order valence-corrected chi connectivity index (χ3v) is 4.27. The Morgan fingerprint density at radius 2 is 2.21 bits per heavy atom. The monoisotopic (exact) mass is 278 g/mol. The Kier molecular flexibility index (Phi) is 5.28. The van der Waals surface area contributed by atoms with Crippen LogP contribution in [0.4, 0.5) is 5.69 Å². The number of hydrogen-bond acceptors (Lipinski definition) is 4. The standard InChI is InChI=1S/C15H22N2OS/c1-11(2)14-10-19-15(17-14)16-13-7-5-4-6-12(13)8-9-18-3/h4-7,11,14H,8-10H2,1-3H3,(H,16,17). The highest BCUT2D eigenvalue weighted by atomic mass is 32.2. The van der Waals surface area contributed by atoms with Gasteiger partial charge in [0.05, 0.1) is 12.6 Å². The second-order valence-corrected chi connectivity index (χ2v) is 6.09. The molecule has 0 spiro atoms. The van der Waals surface area contributed by atoms with Crippen molar-refractivity contribution < 1.29 is 4.74 Å². The Hall–Kier alpha value is -1.000. The van der Waals surface area contributed by atoms with Crippen molar-refractivity contribution >= 4 is 22.6 Å². The molecular formula is C15H22N2OS. The van der Waals surface area contributed by atoms with E-state index in [2.05, 4.69) is 43.4 Å². The van der Waals surface area contributed by atoms with Crippen LogP contribution in [0.5, 0.6) is 0 Å². The van der Waals surface area contributed by atoms with Gasteiger partial charge in [-0.2, -0.15) is 0 Å². The van der Waals surface area contributed by atoms with Crippen LogP contribution >= 0.6 is 11.8 Å². The number of rotatable bonds is 5. The zero-order valence-electron chi connectivity index (χ0n) is 11.8. The summed E-state index contributed by atoms with van der Waals surface area (Å²) in [6, 6.07) is 8.81. The first kappa shape index (κ1) is 14.4. The first-order chi connectivity index (χ1) is 9.20. The highest BCUT2D eigenvalue weighted by molar-refractivity contribution is 8.14. The van der Waals surface area contributed by atoms with Gasteiger partial charge in [0.1, 0.15) is 0 Å². The van der Waals surface area contributed by atoms with Gasteiger partial charge in [-0.25, -0.2) is 0 Å². The normalized spacial score (nSPS) is 18.7. The second-order valence-electron chi connectivity index (χ2n) is 5.08. The van der Waals surface area contributed by atoms with Crippen LogP contribution in [0.25, 0.3) is 0 Å². The highest BCUT2D eigenvalue weighted by Crippen LogP contribution is 2.25. The summed E-state index contributed by atoms with van der Waals surface area (Å²) in [6.45, 7) is 5.20. The van der Waals surface area contributed by atoms with Crippen molar-refractivity contribution in [1.29, 1.82) is 0 Å². The third kappa shape index (κ3) is 3.98. The van der Waals surface area contributed by atoms with Crippen molar-refractivity contribution in [3.63, 3.8) is 0 Å². The number of anilines is 1. The van der Waals surface area contributed by atoms with E-state index >= 15 is 0 Å². The molecule has 0 fully saturated rings. The fourth-order valence-corrected chi connectivity index (χ4v) is 3.17. The van der Waals surface area contributed by atoms with Gasteiger partial charge in [0, 0.05) is 18.6 Å². The molecule has 0 saturated heterocycles. The maximum absolute atomic E-state index is 5.16. The van der Waals surface area contributed by atoms with Gasteiger partial charge in [-0.3, -0.25) is 4.99 Å². The van der Waals surface area contributed by atoms with Gasteiger partial charge in [-0.15, -0.1) is 0 Å². The third-order valence-electron chi connectivity index (χ3n) is 3.28. The fourth-order valence-electron chi connectivity index (χ4n) is 1.99. The molecule has 104 valence electrons. The van der Waals surface area contributed by atoms with Crippen molar-refractivity contribution in [3.8, 4) is 0 Å². The number of nitrogens with one attached hydrogen (secondary N) is 1. The van der Waals surface area contributed by atoms with E-state index in [4.69, 9.17) is 9.73 Å². The first-order valence-electron chi connectivity index (χ1n) is 6.75. The summed E-state index contributed by atoms with van der Waals surface area (Å²) < 4.78 is 5.16. The van der Waals surface area contributed by atoms with E-state index in [9.17, 15) is 0 Å². The average Bonchev–Trinajstić information content (AvgIpc) is 2.86. The Labute approximate surface area is 119 Å². The number of aliphatic imine (C=N–C) groups is 1. The van der Waals surface area contributed by atoms with E-state index in [-0.39, 0.29) is 0 Å². The van der Waals surface area contributed by atoms with E-state index in [1.165, 1.54) is 5.56 Å². The summed E-state index contributed by atoms with van der Waals surface area (Å²) in [7, 11) is 1.74.